The molecule has 0 aliphatic carbocycles. The van der Waals surface area contributed by atoms with Crippen molar-refractivity contribution in [2.45, 2.75) is 218 Å². The third-order valence-electron chi connectivity index (χ3n) is 9.03. The van der Waals surface area contributed by atoms with Gasteiger partial charge in [0.15, 0.2) is 0 Å². The molecule has 1 amide bonds. The van der Waals surface area contributed by atoms with Crippen LogP contribution in [0.15, 0.2) is 24.3 Å². The summed E-state index contributed by atoms with van der Waals surface area (Å²) in [6.07, 6.45) is 41.4. The molecular formula is C40H77NO4. The monoisotopic (exact) mass is 636 g/mol. The SMILES string of the molecule is CCCCCCC/C=C/CCCC(O)C(O)C(CO)NC(=O)CCCCCCCCC/C=C\CCCCCCCCCCCC. The molecule has 0 aromatic heterocycles. The van der Waals surface area contributed by atoms with Crippen LogP contribution >= 0.6 is 0 Å². The van der Waals surface area contributed by atoms with Crippen molar-refractivity contribution in [3.63, 3.8) is 0 Å². The zero-order chi connectivity index (χ0) is 33.1. The second kappa shape index (κ2) is 35.7. The average Bonchev–Trinajstić information content (AvgIpc) is 3.04. The van der Waals surface area contributed by atoms with Crippen molar-refractivity contribution < 1.29 is 20.1 Å². The molecule has 0 fully saturated rings. The van der Waals surface area contributed by atoms with Crippen molar-refractivity contribution in [2.75, 3.05) is 6.61 Å². The third-order valence-corrected chi connectivity index (χ3v) is 9.03. The number of carbonyl (C=O) groups excluding carboxylic acids is 1. The van der Waals surface area contributed by atoms with Crippen molar-refractivity contribution in [3.8, 4) is 0 Å². The number of hydrogen-bond acceptors (Lipinski definition) is 4. The van der Waals surface area contributed by atoms with E-state index in [1.54, 1.807) is 0 Å². The van der Waals surface area contributed by atoms with Gasteiger partial charge in [-0.15, -0.1) is 0 Å². The average molecular weight is 636 g/mol. The minimum absolute atomic E-state index is 0.160. The van der Waals surface area contributed by atoms with Crippen LogP contribution in [0.4, 0.5) is 0 Å². The van der Waals surface area contributed by atoms with Crippen LogP contribution in [0.5, 0.6) is 0 Å². The second-order valence-corrected chi connectivity index (χ2v) is 13.5. The standard InChI is InChI=1S/C40H77NO4/c1-3-5-7-9-11-13-15-16-17-18-19-20-21-22-23-24-25-27-29-31-33-35-39(44)41-37(36-42)40(45)38(43)34-32-30-28-26-14-12-10-8-6-4-2/h20-21,26,28,37-38,40,42-43,45H,3-19,22-25,27,29-36H2,1-2H3,(H,41,44)/b21-20-,28-26+. The minimum Gasteiger partial charge on any atom is -0.394 e. The van der Waals surface area contributed by atoms with Gasteiger partial charge >= 0.3 is 0 Å². The summed E-state index contributed by atoms with van der Waals surface area (Å²) >= 11 is 0. The van der Waals surface area contributed by atoms with E-state index in [9.17, 15) is 20.1 Å². The van der Waals surface area contributed by atoms with Gasteiger partial charge in [0, 0.05) is 6.42 Å². The molecule has 45 heavy (non-hydrogen) atoms. The maximum Gasteiger partial charge on any atom is 0.220 e. The molecule has 0 heterocycles. The molecule has 0 spiro atoms. The van der Waals surface area contributed by atoms with Crippen LogP contribution in [0.2, 0.25) is 0 Å². The number of nitrogens with one attached hydrogen (secondary N) is 1. The Hall–Kier alpha value is -1.17. The Labute approximate surface area is 280 Å². The minimum atomic E-state index is -1.16. The molecule has 0 radical (unpaired) electrons. The number of aliphatic hydroxyl groups is 3. The summed E-state index contributed by atoms with van der Waals surface area (Å²) in [6.45, 7) is 4.13. The highest BCUT2D eigenvalue weighted by Crippen LogP contribution is 2.14. The summed E-state index contributed by atoms with van der Waals surface area (Å²) in [4.78, 5) is 12.4. The molecule has 4 N–H and O–H groups in total. The smallest absolute Gasteiger partial charge is 0.220 e. The van der Waals surface area contributed by atoms with Gasteiger partial charge in [-0.05, 0) is 64.2 Å². The summed E-state index contributed by atoms with van der Waals surface area (Å²) in [5.74, 6) is -0.160. The molecule has 0 saturated heterocycles. The zero-order valence-electron chi connectivity index (χ0n) is 30.0. The van der Waals surface area contributed by atoms with Gasteiger partial charge in [-0.3, -0.25) is 4.79 Å². The summed E-state index contributed by atoms with van der Waals surface area (Å²) in [5, 5.41) is 33.3. The first-order valence-corrected chi connectivity index (χ1v) is 19.6. The van der Waals surface area contributed by atoms with Gasteiger partial charge in [-0.1, -0.05) is 154 Å². The highest BCUT2D eigenvalue weighted by molar-refractivity contribution is 5.76. The van der Waals surface area contributed by atoms with Gasteiger partial charge in [0.25, 0.3) is 0 Å². The van der Waals surface area contributed by atoms with Crippen LogP contribution in [0.3, 0.4) is 0 Å². The molecule has 266 valence electrons. The van der Waals surface area contributed by atoms with E-state index in [0.717, 1.165) is 38.5 Å². The fourth-order valence-corrected chi connectivity index (χ4v) is 5.92. The van der Waals surface area contributed by atoms with Crippen LogP contribution in [-0.4, -0.2) is 46.1 Å². The van der Waals surface area contributed by atoms with Gasteiger partial charge in [0.1, 0.15) is 6.10 Å². The number of amides is 1. The Bertz CT molecular complexity index is 665. The molecular weight excluding hydrogens is 558 g/mol. The Kier molecular flexibility index (Phi) is 34.8. The van der Waals surface area contributed by atoms with E-state index >= 15 is 0 Å². The van der Waals surface area contributed by atoms with E-state index < -0.39 is 18.2 Å². The van der Waals surface area contributed by atoms with Gasteiger partial charge < -0.3 is 20.6 Å². The van der Waals surface area contributed by atoms with Crippen molar-refractivity contribution in [1.82, 2.24) is 5.32 Å². The molecule has 0 aliphatic heterocycles. The van der Waals surface area contributed by atoms with Crippen LogP contribution < -0.4 is 5.32 Å². The van der Waals surface area contributed by atoms with E-state index in [2.05, 4.69) is 43.5 Å². The third kappa shape index (κ3) is 31.2. The lowest BCUT2D eigenvalue weighted by molar-refractivity contribution is -0.124. The predicted molar refractivity (Wildman–Crippen MR) is 195 cm³/mol. The van der Waals surface area contributed by atoms with Crippen LogP contribution in [0, 0.1) is 0 Å². The largest absolute Gasteiger partial charge is 0.394 e. The number of hydrogen-bond donors (Lipinski definition) is 4. The van der Waals surface area contributed by atoms with Crippen molar-refractivity contribution >= 4 is 5.91 Å². The molecule has 0 saturated carbocycles. The van der Waals surface area contributed by atoms with E-state index in [1.165, 1.54) is 135 Å². The first-order chi connectivity index (χ1) is 22.1. The highest BCUT2D eigenvalue weighted by atomic mass is 16.3. The van der Waals surface area contributed by atoms with E-state index in [4.69, 9.17) is 0 Å². The predicted octanol–water partition coefficient (Wildman–Crippen LogP) is 10.7. The Morgan fingerprint density at radius 1 is 0.533 bits per heavy atom. The molecule has 0 aromatic rings. The molecule has 0 bridgehead atoms. The fraction of sp³-hybridized carbons (Fsp3) is 0.875. The molecule has 0 aromatic carbocycles. The Morgan fingerprint density at radius 3 is 1.29 bits per heavy atom. The summed E-state index contributed by atoms with van der Waals surface area (Å²) in [7, 11) is 0. The van der Waals surface area contributed by atoms with Crippen molar-refractivity contribution in [2.24, 2.45) is 0 Å². The lowest BCUT2D eigenvalue weighted by atomic mass is 10.0. The van der Waals surface area contributed by atoms with Crippen molar-refractivity contribution in [3.05, 3.63) is 24.3 Å². The molecule has 5 nitrogen and oxygen atoms in total. The van der Waals surface area contributed by atoms with Gasteiger partial charge in [0.2, 0.25) is 5.91 Å². The summed E-state index contributed by atoms with van der Waals surface area (Å²) in [6, 6.07) is -0.824. The number of allylic oxidation sites excluding steroid dienone is 4. The zero-order valence-corrected chi connectivity index (χ0v) is 30.0. The van der Waals surface area contributed by atoms with E-state index in [0.29, 0.717) is 12.8 Å². The number of carbonyl (C=O) groups is 1. The number of unbranched alkanes of at least 4 members (excludes halogenated alkanes) is 23. The summed E-state index contributed by atoms with van der Waals surface area (Å²) < 4.78 is 0. The fourth-order valence-electron chi connectivity index (χ4n) is 5.92. The molecule has 5 heteroatoms. The topological polar surface area (TPSA) is 89.8 Å². The first-order valence-electron chi connectivity index (χ1n) is 19.6. The van der Waals surface area contributed by atoms with Gasteiger partial charge in [-0.2, -0.15) is 0 Å². The quantitative estimate of drug-likeness (QED) is 0.0412. The molecule has 3 unspecified atom stereocenters. The summed E-state index contributed by atoms with van der Waals surface area (Å²) in [5.41, 5.74) is 0. The highest BCUT2D eigenvalue weighted by Gasteiger charge is 2.26. The lowest BCUT2D eigenvalue weighted by Gasteiger charge is -2.26. The van der Waals surface area contributed by atoms with Crippen molar-refractivity contribution in [1.29, 1.82) is 0 Å². The lowest BCUT2D eigenvalue weighted by Crippen LogP contribution is -2.50. The number of rotatable bonds is 35. The van der Waals surface area contributed by atoms with E-state index in [-0.39, 0.29) is 12.5 Å². The van der Waals surface area contributed by atoms with Crippen LogP contribution in [0.1, 0.15) is 200 Å². The Morgan fingerprint density at radius 2 is 0.889 bits per heavy atom. The molecule has 0 rings (SSSR count). The van der Waals surface area contributed by atoms with E-state index in [1.807, 2.05) is 0 Å². The molecule has 3 atom stereocenters. The van der Waals surface area contributed by atoms with Crippen LogP contribution in [-0.2, 0) is 4.79 Å². The molecule has 0 aliphatic rings. The normalized spacial score (nSPS) is 14.0. The van der Waals surface area contributed by atoms with Crippen LogP contribution in [0.25, 0.3) is 0 Å². The maximum atomic E-state index is 12.4. The maximum absolute atomic E-state index is 12.4. The van der Waals surface area contributed by atoms with Gasteiger partial charge in [0.05, 0.1) is 18.8 Å². The Balaban J connectivity index is 3.65. The second-order valence-electron chi connectivity index (χ2n) is 13.5. The number of aliphatic hydroxyl groups excluding tert-OH is 3. The first kappa shape index (κ1) is 43.8. The van der Waals surface area contributed by atoms with Gasteiger partial charge in [-0.25, -0.2) is 0 Å².